The Bertz CT molecular complexity index is 360. The first-order valence-corrected chi connectivity index (χ1v) is 6.63. The van der Waals surface area contributed by atoms with E-state index in [4.69, 9.17) is 5.11 Å². The molecule has 5 nitrogen and oxygen atoms in total. The van der Waals surface area contributed by atoms with Crippen LogP contribution in [0.4, 0.5) is 5.13 Å². The Labute approximate surface area is 103 Å². The summed E-state index contributed by atoms with van der Waals surface area (Å²) in [5.74, 6) is -0.260. The molecule has 0 fully saturated rings. The average molecular weight is 261 g/mol. The molecule has 0 aliphatic rings. The van der Waals surface area contributed by atoms with Crippen molar-refractivity contribution in [3.63, 3.8) is 0 Å². The molecule has 0 saturated carbocycles. The molecule has 2 N–H and O–H groups in total. The first-order valence-electron chi connectivity index (χ1n) is 4.83. The van der Waals surface area contributed by atoms with Crippen molar-refractivity contribution in [1.82, 2.24) is 10.2 Å². The van der Waals surface area contributed by atoms with E-state index in [0.717, 1.165) is 9.47 Å². The summed E-state index contributed by atoms with van der Waals surface area (Å²) in [6.45, 7) is 6.14. The predicted octanol–water partition coefficient (Wildman–Crippen LogP) is 2.32. The van der Waals surface area contributed by atoms with Crippen LogP contribution in [0.15, 0.2) is 4.34 Å². The van der Waals surface area contributed by atoms with Crippen LogP contribution < -0.4 is 5.32 Å². The predicted molar refractivity (Wildman–Crippen MR) is 66.3 cm³/mol. The lowest BCUT2D eigenvalue weighted by Gasteiger charge is -2.18. The maximum atomic E-state index is 10.3. The van der Waals surface area contributed by atoms with Crippen LogP contribution in [0, 0.1) is 0 Å². The highest BCUT2D eigenvalue weighted by Gasteiger charge is 2.13. The monoisotopic (exact) mass is 261 g/mol. The number of nitrogens with zero attached hydrogens (tertiary/aromatic N) is 2. The molecule has 1 heterocycles. The number of carboxylic acid groups (broad SMARTS) is 1. The van der Waals surface area contributed by atoms with Crippen LogP contribution in [-0.2, 0) is 4.79 Å². The summed E-state index contributed by atoms with van der Waals surface area (Å²) in [5.41, 5.74) is -0.0392. The Morgan fingerprint density at radius 2 is 2.19 bits per heavy atom. The van der Waals surface area contributed by atoms with Gasteiger partial charge in [0.15, 0.2) is 4.34 Å². The summed E-state index contributed by atoms with van der Waals surface area (Å²) < 4.78 is 0.799. The van der Waals surface area contributed by atoms with Gasteiger partial charge in [0.05, 0.1) is 6.42 Å². The third-order valence-corrected chi connectivity index (χ3v) is 3.40. The number of carboxylic acids is 1. The number of hydrogen-bond donors (Lipinski definition) is 2. The van der Waals surface area contributed by atoms with Crippen molar-refractivity contribution in [1.29, 1.82) is 0 Å². The normalized spacial score (nSPS) is 11.4. The van der Waals surface area contributed by atoms with E-state index in [2.05, 4.69) is 15.5 Å². The molecule has 0 atom stereocenters. The van der Waals surface area contributed by atoms with Gasteiger partial charge in [0, 0.05) is 11.3 Å². The highest BCUT2D eigenvalue weighted by Crippen LogP contribution is 2.27. The van der Waals surface area contributed by atoms with Crippen LogP contribution in [0.25, 0.3) is 0 Å². The summed E-state index contributed by atoms with van der Waals surface area (Å²) in [6, 6.07) is 0. The summed E-state index contributed by atoms with van der Waals surface area (Å²) in [4.78, 5) is 10.3. The highest BCUT2D eigenvalue weighted by atomic mass is 32.2. The van der Waals surface area contributed by atoms with Gasteiger partial charge < -0.3 is 10.4 Å². The molecular formula is C9H15N3O2S2. The molecule has 1 aromatic rings. The number of hydrogen-bond acceptors (Lipinski definition) is 6. The molecule has 0 unspecified atom stereocenters. The molecule has 0 bridgehead atoms. The quantitative estimate of drug-likeness (QED) is 0.792. The van der Waals surface area contributed by atoms with Gasteiger partial charge in [-0.05, 0) is 20.8 Å². The van der Waals surface area contributed by atoms with Gasteiger partial charge in [-0.15, -0.1) is 10.2 Å². The number of aromatic nitrogens is 2. The zero-order chi connectivity index (χ0) is 12.2. The number of thioether (sulfide) groups is 1. The number of aliphatic carboxylic acids is 1. The van der Waals surface area contributed by atoms with E-state index >= 15 is 0 Å². The van der Waals surface area contributed by atoms with E-state index in [-0.39, 0.29) is 12.0 Å². The van der Waals surface area contributed by atoms with Crippen LogP contribution in [0.2, 0.25) is 0 Å². The van der Waals surface area contributed by atoms with Gasteiger partial charge >= 0.3 is 5.97 Å². The Morgan fingerprint density at radius 3 is 2.75 bits per heavy atom. The van der Waals surface area contributed by atoms with Gasteiger partial charge in [0.1, 0.15) is 0 Å². The minimum Gasteiger partial charge on any atom is -0.481 e. The zero-order valence-electron chi connectivity index (χ0n) is 9.48. The SMILES string of the molecule is CC(C)(C)Nc1nnc(SCCC(=O)O)s1. The van der Waals surface area contributed by atoms with Crippen molar-refractivity contribution in [3.05, 3.63) is 0 Å². The largest absolute Gasteiger partial charge is 0.481 e. The molecule has 0 saturated heterocycles. The summed E-state index contributed by atoms with van der Waals surface area (Å²) >= 11 is 2.87. The third-order valence-electron chi connectivity index (χ3n) is 1.43. The van der Waals surface area contributed by atoms with Gasteiger partial charge in [0.25, 0.3) is 0 Å². The second-order valence-electron chi connectivity index (χ2n) is 4.24. The van der Waals surface area contributed by atoms with Crippen LogP contribution in [0.1, 0.15) is 27.2 Å². The molecule has 16 heavy (non-hydrogen) atoms. The molecule has 0 aliphatic heterocycles. The van der Waals surface area contributed by atoms with Gasteiger partial charge in [-0.2, -0.15) is 0 Å². The van der Waals surface area contributed by atoms with Crippen LogP contribution in [-0.4, -0.2) is 32.6 Å². The lowest BCUT2D eigenvalue weighted by molar-refractivity contribution is -0.136. The Kier molecular flexibility index (Phi) is 4.55. The van der Waals surface area contributed by atoms with E-state index in [1.54, 1.807) is 0 Å². The Balaban J connectivity index is 2.42. The van der Waals surface area contributed by atoms with Crippen molar-refractivity contribution in [2.75, 3.05) is 11.1 Å². The minimum absolute atomic E-state index is 0.0392. The van der Waals surface area contributed by atoms with Gasteiger partial charge in [-0.1, -0.05) is 23.1 Å². The van der Waals surface area contributed by atoms with E-state index in [1.165, 1.54) is 23.1 Å². The maximum Gasteiger partial charge on any atom is 0.304 e. The zero-order valence-corrected chi connectivity index (χ0v) is 11.1. The number of carbonyl (C=O) groups is 1. The summed E-state index contributed by atoms with van der Waals surface area (Å²) in [5, 5.41) is 20.4. The fourth-order valence-electron chi connectivity index (χ4n) is 0.865. The van der Waals surface area contributed by atoms with Crippen molar-refractivity contribution >= 4 is 34.2 Å². The minimum atomic E-state index is -0.787. The van der Waals surface area contributed by atoms with E-state index < -0.39 is 5.97 Å². The van der Waals surface area contributed by atoms with Crippen molar-refractivity contribution < 1.29 is 9.90 Å². The van der Waals surface area contributed by atoms with Crippen LogP contribution in [0.3, 0.4) is 0 Å². The van der Waals surface area contributed by atoms with Crippen molar-refractivity contribution in [2.24, 2.45) is 0 Å². The first-order chi connectivity index (χ1) is 7.37. The van der Waals surface area contributed by atoms with E-state index in [1.807, 2.05) is 20.8 Å². The second-order valence-corrected chi connectivity index (χ2v) is 6.56. The van der Waals surface area contributed by atoms with E-state index in [9.17, 15) is 4.79 Å². The van der Waals surface area contributed by atoms with Crippen LogP contribution >= 0.6 is 23.1 Å². The molecule has 0 amide bonds. The summed E-state index contributed by atoms with van der Waals surface area (Å²) in [6.07, 6.45) is 0.145. The highest BCUT2D eigenvalue weighted by molar-refractivity contribution is 8.01. The Hall–Kier alpha value is -0.820. The third kappa shape index (κ3) is 5.32. The Morgan fingerprint density at radius 1 is 1.50 bits per heavy atom. The lowest BCUT2D eigenvalue weighted by Crippen LogP contribution is -2.25. The average Bonchev–Trinajstić information content (AvgIpc) is 2.48. The molecule has 90 valence electrons. The maximum absolute atomic E-state index is 10.3. The fraction of sp³-hybridized carbons (Fsp3) is 0.667. The molecule has 0 aromatic carbocycles. The van der Waals surface area contributed by atoms with Crippen molar-refractivity contribution in [2.45, 2.75) is 37.1 Å². The summed E-state index contributed by atoms with van der Waals surface area (Å²) in [7, 11) is 0. The number of nitrogens with one attached hydrogen (secondary N) is 1. The topological polar surface area (TPSA) is 75.1 Å². The number of rotatable bonds is 5. The molecule has 1 aromatic heterocycles. The van der Waals surface area contributed by atoms with Gasteiger partial charge in [-0.25, -0.2) is 0 Å². The molecule has 1 rings (SSSR count). The van der Waals surface area contributed by atoms with Gasteiger partial charge in [0.2, 0.25) is 5.13 Å². The van der Waals surface area contributed by atoms with Crippen LogP contribution in [0.5, 0.6) is 0 Å². The fourth-order valence-corrected chi connectivity index (χ4v) is 2.82. The van der Waals surface area contributed by atoms with Gasteiger partial charge in [-0.3, -0.25) is 4.79 Å². The molecule has 0 spiro atoms. The number of anilines is 1. The molecule has 0 radical (unpaired) electrons. The molecule has 0 aliphatic carbocycles. The standard InChI is InChI=1S/C9H15N3O2S2/c1-9(2,3)10-7-11-12-8(16-7)15-5-4-6(13)14/h4-5H2,1-3H3,(H,10,11)(H,13,14). The molecular weight excluding hydrogens is 246 g/mol. The lowest BCUT2D eigenvalue weighted by atomic mass is 10.1. The van der Waals surface area contributed by atoms with Crippen molar-refractivity contribution in [3.8, 4) is 0 Å². The second kappa shape index (κ2) is 5.49. The smallest absolute Gasteiger partial charge is 0.304 e. The van der Waals surface area contributed by atoms with E-state index in [0.29, 0.717) is 5.75 Å². The molecule has 7 heteroatoms. The first kappa shape index (κ1) is 13.2.